The summed E-state index contributed by atoms with van der Waals surface area (Å²) >= 11 is 0. The standard InChI is InChI=1S/C30H37NO7/c1-5-16-36-28(33)21-11-13-22(14-12-21)31-27(32)18-37-29(34)24-8-6-7-9-25(24)30(35)38-26-17-20(4)10-15-23(26)19(2)3/h6-9,11-14,19-20,23,26H,5,10,15-18H2,1-4H3,(H,31,32)/t20-,23-,26-/m1/s1. The number of carbonyl (C=O) groups excluding carboxylic acids is 4. The Hall–Kier alpha value is -3.68. The molecule has 8 nitrogen and oxygen atoms in total. The molecule has 0 aliphatic heterocycles. The third-order valence-corrected chi connectivity index (χ3v) is 6.76. The molecule has 2 aromatic carbocycles. The monoisotopic (exact) mass is 523 g/mol. The minimum Gasteiger partial charge on any atom is -0.462 e. The summed E-state index contributed by atoms with van der Waals surface area (Å²) in [5.74, 6) is -1.24. The van der Waals surface area contributed by atoms with Crippen molar-refractivity contribution in [1.29, 1.82) is 0 Å². The van der Waals surface area contributed by atoms with Gasteiger partial charge in [0.05, 0.1) is 23.3 Å². The van der Waals surface area contributed by atoms with Gasteiger partial charge in [-0.25, -0.2) is 14.4 Å². The second-order valence-electron chi connectivity index (χ2n) is 10.2. The number of amides is 1. The van der Waals surface area contributed by atoms with Crippen molar-refractivity contribution in [3.05, 3.63) is 65.2 Å². The molecule has 38 heavy (non-hydrogen) atoms. The fourth-order valence-corrected chi connectivity index (χ4v) is 4.66. The molecule has 1 saturated carbocycles. The van der Waals surface area contributed by atoms with E-state index in [0.717, 1.165) is 25.7 Å². The quantitative estimate of drug-likeness (QED) is 0.316. The van der Waals surface area contributed by atoms with E-state index in [4.69, 9.17) is 14.2 Å². The van der Waals surface area contributed by atoms with Crippen molar-refractivity contribution in [3.63, 3.8) is 0 Å². The fourth-order valence-electron chi connectivity index (χ4n) is 4.66. The smallest absolute Gasteiger partial charge is 0.339 e. The molecule has 1 aliphatic carbocycles. The molecule has 2 aromatic rings. The van der Waals surface area contributed by atoms with Crippen LogP contribution in [-0.2, 0) is 19.0 Å². The summed E-state index contributed by atoms with van der Waals surface area (Å²) in [7, 11) is 0. The average molecular weight is 524 g/mol. The molecular weight excluding hydrogens is 486 g/mol. The van der Waals surface area contributed by atoms with E-state index in [-0.39, 0.29) is 23.1 Å². The molecule has 0 aromatic heterocycles. The SMILES string of the molecule is CCCOC(=O)c1ccc(NC(=O)COC(=O)c2ccccc2C(=O)O[C@@H]2C[C@H](C)CC[C@@H]2C(C)C)cc1. The maximum atomic E-state index is 13.1. The van der Waals surface area contributed by atoms with Crippen LogP contribution in [0.25, 0.3) is 0 Å². The zero-order valence-corrected chi connectivity index (χ0v) is 22.5. The zero-order chi connectivity index (χ0) is 27.7. The first-order chi connectivity index (χ1) is 18.2. The maximum Gasteiger partial charge on any atom is 0.339 e. The molecular formula is C30H37NO7. The summed E-state index contributed by atoms with van der Waals surface area (Å²) in [4.78, 5) is 50.1. The minimum absolute atomic E-state index is 0.0465. The molecule has 204 valence electrons. The molecule has 0 spiro atoms. The van der Waals surface area contributed by atoms with Gasteiger partial charge in [-0.1, -0.05) is 46.2 Å². The lowest BCUT2D eigenvalue weighted by molar-refractivity contribution is -0.119. The van der Waals surface area contributed by atoms with Crippen LogP contribution in [0.1, 0.15) is 84.5 Å². The summed E-state index contributed by atoms with van der Waals surface area (Å²) in [5, 5.41) is 2.61. The molecule has 0 heterocycles. The topological polar surface area (TPSA) is 108 Å². The van der Waals surface area contributed by atoms with Crippen molar-refractivity contribution in [3.8, 4) is 0 Å². The van der Waals surface area contributed by atoms with Crippen LogP contribution in [0.2, 0.25) is 0 Å². The summed E-state index contributed by atoms with van der Waals surface area (Å²) in [5.41, 5.74) is 0.964. The predicted molar refractivity (Wildman–Crippen MR) is 143 cm³/mol. The number of ether oxygens (including phenoxy) is 3. The highest BCUT2D eigenvalue weighted by Crippen LogP contribution is 2.35. The van der Waals surface area contributed by atoms with Crippen LogP contribution < -0.4 is 5.32 Å². The van der Waals surface area contributed by atoms with Crippen LogP contribution in [0.4, 0.5) is 5.69 Å². The lowest BCUT2D eigenvalue weighted by Crippen LogP contribution is -2.36. The van der Waals surface area contributed by atoms with E-state index in [1.807, 2.05) is 6.92 Å². The number of benzene rings is 2. The van der Waals surface area contributed by atoms with Gasteiger partial charge in [0.1, 0.15) is 6.10 Å². The van der Waals surface area contributed by atoms with Gasteiger partial charge in [0.25, 0.3) is 5.91 Å². The fraction of sp³-hybridized carbons (Fsp3) is 0.467. The zero-order valence-electron chi connectivity index (χ0n) is 22.5. The molecule has 0 bridgehead atoms. The van der Waals surface area contributed by atoms with Gasteiger partial charge in [0, 0.05) is 5.69 Å². The Morgan fingerprint density at radius 2 is 1.55 bits per heavy atom. The van der Waals surface area contributed by atoms with Crippen LogP contribution >= 0.6 is 0 Å². The predicted octanol–water partition coefficient (Wildman–Crippen LogP) is 5.67. The van der Waals surface area contributed by atoms with E-state index < -0.39 is 30.4 Å². The Morgan fingerprint density at radius 1 is 0.895 bits per heavy atom. The number of esters is 3. The van der Waals surface area contributed by atoms with Crippen molar-refractivity contribution in [2.24, 2.45) is 17.8 Å². The van der Waals surface area contributed by atoms with Gasteiger partial charge in [-0.05, 0) is 73.4 Å². The molecule has 1 fully saturated rings. The van der Waals surface area contributed by atoms with Gasteiger partial charge in [-0.3, -0.25) is 4.79 Å². The number of anilines is 1. The molecule has 0 saturated heterocycles. The minimum atomic E-state index is -0.792. The summed E-state index contributed by atoms with van der Waals surface area (Å²) < 4.78 is 16.2. The Bertz CT molecular complexity index is 1130. The largest absolute Gasteiger partial charge is 0.462 e. The van der Waals surface area contributed by atoms with Gasteiger partial charge in [0.2, 0.25) is 0 Å². The Balaban J connectivity index is 1.58. The lowest BCUT2D eigenvalue weighted by Gasteiger charge is -2.36. The van der Waals surface area contributed by atoms with Gasteiger partial charge < -0.3 is 19.5 Å². The molecule has 1 N–H and O–H groups in total. The third kappa shape index (κ3) is 7.91. The second-order valence-corrected chi connectivity index (χ2v) is 10.2. The van der Waals surface area contributed by atoms with Gasteiger partial charge in [-0.2, -0.15) is 0 Å². The van der Waals surface area contributed by atoms with Crippen LogP contribution in [0, 0.1) is 17.8 Å². The maximum absolute atomic E-state index is 13.1. The van der Waals surface area contributed by atoms with Gasteiger partial charge >= 0.3 is 17.9 Å². The summed E-state index contributed by atoms with van der Waals surface area (Å²) in [6, 6.07) is 12.5. The van der Waals surface area contributed by atoms with Gasteiger partial charge in [0.15, 0.2) is 6.61 Å². The number of carbonyl (C=O) groups is 4. The number of hydrogen-bond donors (Lipinski definition) is 1. The molecule has 1 aliphatic rings. The third-order valence-electron chi connectivity index (χ3n) is 6.76. The molecule has 3 rings (SSSR count). The second kappa shape index (κ2) is 13.7. The van der Waals surface area contributed by atoms with Crippen molar-refractivity contribution in [2.75, 3.05) is 18.5 Å². The first-order valence-electron chi connectivity index (χ1n) is 13.2. The Kier molecular flexibility index (Phi) is 10.4. The summed E-state index contributed by atoms with van der Waals surface area (Å²) in [6.45, 7) is 8.12. The van der Waals surface area contributed by atoms with Crippen LogP contribution in [0.15, 0.2) is 48.5 Å². The van der Waals surface area contributed by atoms with Crippen molar-refractivity contribution >= 4 is 29.5 Å². The molecule has 0 unspecified atom stereocenters. The van der Waals surface area contributed by atoms with E-state index in [2.05, 4.69) is 26.1 Å². The molecule has 3 atom stereocenters. The number of nitrogens with one attached hydrogen (secondary N) is 1. The molecule has 1 amide bonds. The van der Waals surface area contributed by atoms with Gasteiger partial charge in [-0.15, -0.1) is 0 Å². The number of hydrogen-bond acceptors (Lipinski definition) is 7. The molecule has 8 heteroatoms. The van der Waals surface area contributed by atoms with Crippen molar-refractivity contribution in [2.45, 2.75) is 59.5 Å². The van der Waals surface area contributed by atoms with E-state index in [0.29, 0.717) is 29.7 Å². The highest BCUT2D eigenvalue weighted by Gasteiger charge is 2.34. The lowest BCUT2D eigenvalue weighted by atomic mass is 9.75. The van der Waals surface area contributed by atoms with E-state index >= 15 is 0 Å². The average Bonchev–Trinajstić information content (AvgIpc) is 2.90. The van der Waals surface area contributed by atoms with E-state index in [9.17, 15) is 19.2 Å². The van der Waals surface area contributed by atoms with E-state index in [1.54, 1.807) is 36.4 Å². The van der Waals surface area contributed by atoms with Crippen LogP contribution in [0.3, 0.4) is 0 Å². The van der Waals surface area contributed by atoms with E-state index in [1.165, 1.54) is 12.1 Å². The number of rotatable bonds is 10. The Morgan fingerprint density at radius 3 is 2.18 bits per heavy atom. The Labute approximate surface area is 224 Å². The normalized spacial score (nSPS) is 18.9. The highest BCUT2D eigenvalue weighted by molar-refractivity contribution is 6.04. The van der Waals surface area contributed by atoms with Crippen molar-refractivity contribution < 1.29 is 33.4 Å². The first-order valence-corrected chi connectivity index (χ1v) is 13.2. The van der Waals surface area contributed by atoms with Crippen LogP contribution in [0.5, 0.6) is 0 Å². The highest BCUT2D eigenvalue weighted by atomic mass is 16.5. The van der Waals surface area contributed by atoms with Crippen molar-refractivity contribution in [1.82, 2.24) is 0 Å². The molecule has 0 radical (unpaired) electrons. The van der Waals surface area contributed by atoms with Crippen LogP contribution in [-0.4, -0.2) is 43.1 Å². The summed E-state index contributed by atoms with van der Waals surface area (Å²) in [6.07, 6.45) is 3.42. The first kappa shape index (κ1) is 28.9.